The van der Waals surface area contributed by atoms with Crippen LogP contribution in [0.3, 0.4) is 0 Å². The summed E-state index contributed by atoms with van der Waals surface area (Å²) in [6, 6.07) is 14.7. The largest absolute Gasteiger partial charge is 0.360 e. The zero-order valence-electron chi connectivity index (χ0n) is 22.1. The van der Waals surface area contributed by atoms with E-state index in [4.69, 9.17) is 4.98 Å². The molecule has 1 unspecified atom stereocenters. The van der Waals surface area contributed by atoms with E-state index in [1.54, 1.807) is 6.20 Å². The summed E-state index contributed by atoms with van der Waals surface area (Å²) < 4.78 is 0. The number of hydrogen-bond acceptors (Lipinski definition) is 7. The molecule has 1 aliphatic carbocycles. The first-order chi connectivity index (χ1) is 19.8. The van der Waals surface area contributed by atoms with E-state index in [-0.39, 0.29) is 6.17 Å². The smallest absolute Gasteiger partial charge is 0.141 e. The fourth-order valence-corrected chi connectivity index (χ4v) is 6.19. The van der Waals surface area contributed by atoms with Gasteiger partial charge in [-0.3, -0.25) is 15.0 Å². The summed E-state index contributed by atoms with van der Waals surface area (Å²) in [5.74, 6) is 1.65. The minimum absolute atomic E-state index is 0.130. The molecule has 2 aliphatic heterocycles. The van der Waals surface area contributed by atoms with E-state index in [1.807, 2.05) is 43.0 Å². The van der Waals surface area contributed by atoms with Gasteiger partial charge in [-0.05, 0) is 66.8 Å². The van der Waals surface area contributed by atoms with Crippen molar-refractivity contribution in [3.05, 3.63) is 96.1 Å². The van der Waals surface area contributed by atoms with Crippen LogP contribution in [-0.2, 0) is 6.54 Å². The second kappa shape index (κ2) is 9.57. The van der Waals surface area contributed by atoms with Crippen molar-refractivity contribution in [2.75, 3.05) is 11.9 Å². The molecule has 2 fully saturated rings. The molecule has 4 aromatic heterocycles. The lowest BCUT2D eigenvalue weighted by Gasteiger charge is -2.17. The van der Waals surface area contributed by atoms with Crippen molar-refractivity contribution >= 4 is 22.3 Å². The monoisotopic (exact) mass is 526 g/mol. The molecule has 5 aromatic rings. The molecular formula is C32H30N8. The molecule has 0 bridgehead atoms. The quantitative estimate of drug-likeness (QED) is 0.208. The van der Waals surface area contributed by atoms with Crippen LogP contribution in [0.2, 0.25) is 0 Å². The SMILES string of the molecule is c1ccc(-c2cncc3[nH]c(C4=C5NC5Nc5ccc(-c6cncc(CNCC7CCCC7)c6)cc54)nc23)nc1. The Morgan fingerprint density at radius 1 is 0.875 bits per heavy atom. The summed E-state index contributed by atoms with van der Waals surface area (Å²) in [4.78, 5) is 22.2. The van der Waals surface area contributed by atoms with Gasteiger partial charge < -0.3 is 20.9 Å². The summed E-state index contributed by atoms with van der Waals surface area (Å²) in [6.07, 6.45) is 15.0. The maximum absolute atomic E-state index is 5.09. The van der Waals surface area contributed by atoms with Gasteiger partial charge in [0.1, 0.15) is 17.5 Å². The Morgan fingerprint density at radius 3 is 2.70 bits per heavy atom. The first-order valence-electron chi connectivity index (χ1n) is 14.1. The third-order valence-electron chi connectivity index (χ3n) is 8.30. The predicted molar refractivity (Wildman–Crippen MR) is 157 cm³/mol. The maximum Gasteiger partial charge on any atom is 0.141 e. The van der Waals surface area contributed by atoms with E-state index >= 15 is 0 Å². The minimum atomic E-state index is 0.130. The molecule has 1 saturated heterocycles. The first-order valence-corrected chi connectivity index (χ1v) is 14.1. The van der Waals surface area contributed by atoms with Crippen LogP contribution in [0.5, 0.6) is 0 Å². The molecule has 1 aromatic carbocycles. The van der Waals surface area contributed by atoms with Gasteiger partial charge in [-0.15, -0.1) is 0 Å². The molecular weight excluding hydrogens is 496 g/mol. The summed E-state index contributed by atoms with van der Waals surface area (Å²) >= 11 is 0. The van der Waals surface area contributed by atoms with Gasteiger partial charge in [0.2, 0.25) is 0 Å². The Kier molecular flexibility index (Phi) is 5.58. The number of benzene rings is 1. The Morgan fingerprint density at radius 2 is 1.80 bits per heavy atom. The van der Waals surface area contributed by atoms with E-state index in [2.05, 4.69) is 60.2 Å². The molecule has 8 heteroatoms. The number of fused-ring (bicyclic) bond motifs is 3. The van der Waals surface area contributed by atoms with Crippen LogP contribution in [-0.4, -0.2) is 37.6 Å². The highest BCUT2D eigenvalue weighted by Crippen LogP contribution is 2.43. The number of nitrogens with one attached hydrogen (secondary N) is 4. The summed E-state index contributed by atoms with van der Waals surface area (Å²) in [7, 11) is 0. The molecule has 8 nitrogen and oxygen atoms in total. The van der Waals surface area contributed by atoms with Crippen molar-refractivity contribution in [3.63, 3.8) is 0 Å². The molecule has 0 radical (unpaired) electrons. The van der Waals surface area contributed by atoms with Crippen molar-refractivity contribution in [2.45, 2.75) is 38.4 Å². The summed E-state index contributed by atoms with van der Waals surface area (Å²) in [5.41, 5.74) is 11.4. The molecule has 4 N–H and O–H groups in total. The predicted octanol–water partition coefficient (Wildman–Crippen LogP) is 5.48. The molecule has 0 spiro atoms. The zero-order chi connectivity index (χ0) is 26.5. The van der Waals surface area contributed by atoms with E-state index < -0.39 is 0 Å². The van der Waals surface area contributed by atoms with Crippen LogP contribution in [0.4, 0.5) is 5.69 Å². The second-order valence-electron chi connectivity index (χ2n) is 11.0. The third kappa shape index (κ3) is 4.21. The van der Waals surface area contributed by atoms with E-state index in [9.17, 15) is 0 Å². The van der Waals surface area contributed by atoms with Crippen LogP contribution in [0.1, 0.15) is 42.6 Å². The van der Waals surface area contributed by atoms with Gasteiger partial charge in [-0.25, -0.2) is 4.98 Å². The topological polar surface area (TPSA) is 113 Å². The number of hydrogen-bond donors (Lipinski definition) is 4. The number of nitrogens with zero attached hydrogens (tertiary/aromatic N) is 4. The van der Waals surface area contributed by atoms with Crippen molar-refractivity contribution < 1.29 is 0 Å². The molecule has 6 heterocycles. The Labute approximate surface area is 232 Å². The number of aromatic amines is 1. The highest BCUT2D eigenvalue weighted by Gasteiger charge is 2.39. The standard InChI is InChI=1S/C32H30N8/c1-2-6-19(5-1)13-33-14-20-11-22(16-34-15-20)21-8-9-26-23(12-21)28(30-32(37-26)40-30)31-38-27-18-35-17-24(29(27)39-31)25-7-3-4-10-36-25/h3-4,7-12,15-19,32-33,37,40H,1-2,5-6,13-14H2,(H,38,39). The van der Waals surface area contributed by atoms with Crippen molar-refractivity contribution in [1.29, 1.82) is 0 Å². The normalized spacial score (nSPS) is 17.9. The van der Waals surface area contributed by atoms with Crippen LogP contribution >= 0.6 is 0 Å². The lowest BCUT2D eigenvalue weighted by molar-refractivity contribution is 0.489. The zero-order valence-corrected chi connectivity index (χ0v) is 22.1. The number of pyridine rings is 3. The van der Waals surface area contributed by atoms with Crippen LogP contribution in [0, 0.1) is 5.92 Å². The fraction of sp³-hybridized carbons (Fsp3) is 0.250. The molecule has 3 aliphatic rings. The van der Waals surface area contributed by atoms with Crippen molar-refractivity contribution in [3.8, 4) is 22.4 Å². The highest BCUT2D eigenvalue weighted by atomic mass is 15.3. The van der Waals surface area contributed by atoms with Gasteiger partial charge in [0.05, 0.1) is 23.1 Å². The summed E-state index contributed by atoms with van der Waals surface area (Å²) in [5, 5.41) is 10.7. The third-order valence-corrected chi connectivity index (χ3v) is 8.30. The Bertz CT molecular complexity index is 1750. The van der Waals surface area contributed by atoms with E-state index in [1.165, 1.54) is 31.2 Å². The average Bonchev–Trinajstić information content (AvgIpc) is 3.36. The van der Waals surface area contributed by atoms with Gasteiger partial charge in [-0.2, -0.15) is 0 Å². The van der Waals surface area contributed by atoms with Crippen LogP contribution in [0.15, 0.2) is 79.1 Å². The Balaban J connectivity index is 1.13. The number of H-pyrrole nitrogens is 1. The Hall–Kier alpha value is -4.56. The minimum Gasteiger partial charge on any atom is -0.360 e. The lowest BCUT2D eigenvalue weighted by atomic mass is 9.95. The van der Waals surface area contributed by atoms with Gasteiger partial charge in [0.25, 0.3) is 0 Å². The molecule has 198 valence electrons. The maximum atomic E-state index is 5.09. The lowest BCUT2D eigenvalue weighted by Crippen LogP contribution is -2.20. The fourth-order valence-electron chi connectivity index (χ4n) is 6.19. The molecule has 40 heavy (non-hydrogen) atoms. The molecule has 8 rings (SSSR count). The number of rotatable bonds is 7. The average molecular weight is 527 g/mol. The van der Waals surface area contributed by atoms with Crippen LogP contribution < -0.4 is 16.0 Å². The van der Waals surface area contributed by atoms with E-state index in [0.717, 1.165) is 80.8 Å². The summed E-state index contributed by atoms with van der Waals surface area (Å²) in [6.45, 7) is 1.94. The van der Waals surface area contributed by atoms with Crippen molar-refractivity contribution in [1.82, 2.24) is 35.6 Å². The van der Waals surface area contributed by atoms with Gasteiger partial charge in [-0.1, -0.05) is 25.0 Å². The van der Waals surface area contributed by atoms with Crippen LogP contribution in [0.25, 0.3) is 39.0 Å². The number of imidazole rings is 1. The van der Waals surface area contributed by atoms with Crippen molar-refractivity contribution in [2.24, 2.45) is 5.92 Å². The molecule has 0 amide bonds. The van der Waals surface area contributed by atoms with Gasteiger partial charge >= 0.3 is 0 Å². The first kappa shape index (κ1) is 23.3. The molecule has 1 atom stereocenters. The number of aromatic nitrogens is 5. The van der Waals surface area contributed by atoms with Gasteiger partial charge in [0.15, 0.2) is 0 Å². The second-order valence-corrected chi connectivity index (χ2v) is 11.0. The number of anilines is 1. The molecule has 1 saturated carbocycles. The van der Waals surface area contributed by atoms with E-state index in [0.29, 0.717) is 0 Å². The highest BCUT2D eigenvalue weighted by molar-refractivity contribution is 5.97. The van der Waals surface area contributed by atoms with Gasteiger partial charge in [0, 0.05) is 59.3 Å².